The van der Waals surface area contributed by atoms with E-state index in [1.54, 1.807) is 0 Å². The molecule has 69 heavy (non-hydrogen) atoms. The Morgan fingerprint density at radius 1 is 0.275 bits per heavy atom. The van der Waals surface area contributed by atoms with Gasteiger partial charge in [-0.15, -0.1) is 0 Å². The van der Waals surface area contributed by atoms with E-state index in [4.69, 9.17) is 4.42 Å². The van der Waals surface area contributed by atoms with E-state index in [1.165, 1.54) is 50.1 Å². The molecule has 324 valence electrons. The van der Waals surface area contributed by atoms with Gasteiger partial charge in [-0.2, -0.15) is 0 Å². The molecule has 11 aromatic carbocycles. The Bertz CT molecular complexity index is 3760. The van der Waals surface area contributed by atoms with E-state index in [1.807, 2.05) is 12.1 Å². The maximum Gasteiger partial charge on any atom is 0.143 e. The first-order valence-corrected chi connectivity index (χ1v) is 23.7. The van der Waals surface area contributed by atoms with E-state index in [0.29, 0.717) is 0 Å². The summed E-state index contributed by atoms with van der Waals surface area (Å²) in [5, 5.41) is 2.28. The summed E-state index contributed by atoms with van der Waals surface area (Å²) >= 11 is 0. The van der Waals surface area contributed by atoms with Crippen molar-refractivity contribution in [2.24, 2.45) is 0 Å². The number of rotatable bonds is 9. The van der Waals surface area contributed by atoms with Crippen molar-refractivity contribution >= 4 is 39.0 Å². The van der Waals surface area contributed by atoms with Gasteiger partial charge in [0.15, 0.2) is 0 Å². The molecule has 2 nitrogen and oxygen atoms in total. The normalized spacial score (nSPS) is 12.5. The predicted molar refractivity (Wildman–Crippen MR) is 287 cm³/mol. The second kappa shape index (κ2) is 16.7. The lowest BCUT2D eigenvalue weighted by atomic mass is 9.67. The quantitative estimate of drug-likeness (QED) is 0.144. The average molecular weight is 880 g/mol. The maximum absolute atomic E-state index is 6.41. The summed E-state index contributed by atoms with van der Waals surface area (Å²) in [5.74, 6) is 0. The third kappa shape index (κ3) is 6.80. The molecule has 0 saturated carbocycles. The molecular weight excluding hydrogens is 835 g/mol. The molecule has 0 spiro atoms. The highest BCUT2D eigenvalue weighted by atomic mass is 16.3. The van der Waals surface area contributed by atoms with Gasteiger partial charge in [-0.3, -0.25) is 0 Å². The first-order chi connectivity index (χ1) is 34.2. The average Bonchev–Trinajstić information content (AvgIpc) is 3.96. The van der Waals surface area contributed by atoms with Crippen LogP contribution in [0.1, 0.15) is 22.3 Å². The first-order valence-electron chi connectivity index (χ1n) is 23.7. The largest absolute Gasteiger partial charge is 0.455 e. The van der Waals surface area contributed by atoms with Crippen LogP contribution in [0.2, 0.25) is 0 Å². The van der Waals surface area contributed by atoms with Crippen LogP contribution in [-0.2, 0) is 5.41 Å². The highest BCUT2D eigenvalue weighted by molar-refractivity contribution is 6.09. The van der Waals surface area contributed by atoms with Crippen LogP contribution in [0.25, 0.3) is 77.6 Å². The fourth-order valence-corrected chi connectivity index (χ4v) is 11.0. The molecule has 1 aliphatic carbocycles. The first kappa shape index (κ1) is 40.3. The summed E-state index contributed by atoms with van der Waals surface area (Å²) in [6, 6.07) is 99.2. The Hall–Kier alpha value is -8.98. The number of benzene rings is 11. The summed E-state index contributed by atoms with van der Waals surface area (Å²) in [4.78, 5) is 2.41. The van der Waals surface area contributed by atoms with E-state index in [0.717, 1.165) is 66.8 Å². The molecule has 1 aromatic heterocycles. The van der Waals surface area contributed by atoms with Gasteiger partial charge in [-0.25, -0.2) is 0 Å². The Morgan fingerprint density at radius 2 is 0.725 bits per heavy atom. The van der Waals surface area contributed by atoms with Crippen molar-refractivity contribution in [3.63, 3.8) is 0 Å². The van der Waals surface area contributed by atoms with E-state index in [2.05, 4.69) is 266 Å². The van der Waals surface area contributed by atoms with Crippen molar-refractivity contribution in [3.05, 3.63) is 295 Å². The Morgan fingerprint density at radius 3 is 1.39 bits per heavy atom. The highest BCUT2D eigenvalue weighted by Gasteiger charge is 2.46. The number of anilines is 3. The Labute approximate surface area is 402 Å². The van der Waals surface area contributed by atoms with E-state index < -0.39 is 5.41 Å². The van der Waals surface area contributed by atoms with Crippen LogP contribution in [-0.4, -0.2) is 0 Å². The van der Waals surface area contributed by atoms with Crippen molar-refractivity contribution in [2.75, 3.05) is 4.90 Å². The van der Waals surface area contributed by atoms with Gasteiger partial charge in [0.25, 0.3) is 0 Å². The molecular formula is C67H45NO. The lowest BCUT2D eigenvalue weighted by Gasteiger charge is -2.35. The predicted octanol–water partition coefficient (Wildman–Crippen LogP) is 18.1. The smallest absolute Gasteiger partial charge is 0.143 e. The van der Waals surface area contributed by atoms with E-state index in [9.17, 15) is 0 Å². The van der Waals surface area contributed by atoms with Gasteiger partial charge in [0.2, 0.25) is 0 Å². The van der Waals surface area contributed by atoms with Gasteiger partial charge < -0.3 is 9.32 Å². The standard InChI is InChI=1S/C67H45NO/c1-4-16-46(17-5-1)48-34-38-55(39-35-48)68(57-42-43-60-59-24-10-12-28-63(59)67(64(60)45-57,53-20-6-2-7-21-53)54-22-8-3-9-23-54)56-40-36-49(37-41-56)47-30-32-50(33-31-47)51-18-14-19-52(44-51)58-26-15-27-62-61-25-11-13-29-65(61)69-66(58)62/h1-45H. The minimum absolute atomic E-state index is 0.507. The zero-order chi connectivity index (χ0) is 45.7. The number of hydrogen-bond donors (Lipinski definition) is 0. The van der Waals surface area contributed by atoms with Crippen LogP contribution in [0.15, 0.2) is 277 Å². The summed E-state index contributed by atoms with van der Waals surface area (Å²) in [6.07, 6.45) is 0. The van der Waals surface area contributed by atoms with Crippen molar-refractivity contribution in [1.82, 2.24) is 0 Å². The Balaban J connectivity index is 0.879. The van der Waals surface area contributed by atoms with E-state index in [-0.39, 0.29) is 0 Å². The van der Waals surface area contributed by atoms with Crippen LogP contribution in [0.4, 0.5) is 17.1 Å². The molecule has 13 rings (SSSR count). The van der Waals surface area contributed by atoms with Gasteiger partial charge in [0.05, 0.1) is 5.41 Å². The Kier molecular flexibility index (Phi) is 9.77. The molecule has 0 unspecified atom stereocenters. The molecule has 0 N–H and O–H groups in total. The van der Waals surface area contributed by atoms with E-state index >= 15 is 0 Å². The van der Waals surface area contributed by atoms with Gasteiger partial charge in [-0.1, -0.05) is 224 Å². The number of para-hydroxylation sites is 2. The van der Waals surface area contributed by atoms with Crippen molar-refractivity contribution in [1.29, 1.82) is 0 Å². The lowest BCUT2D eigenvalue weighted by molar-refractivity contribution is 0.670. The van der Waals surface area contributed by atoms with Gasteiger partial charge in [0, 0.05) is 33.4 Å². The molecule has 0 amide bonds. The third-order valence-electron chi connectivity index (χ3n) is 14.2. The molecule has 1 heterocycles. The second-order valence-electron chi connectivity index (χ2n) is 18.0. The van der Waals surface area contributed by atoms with Crippen LogP contribution < -0.4 is 4.90 Å². The lowest BCUT2D eigenvalue weighted by Crippen LogP contribution is -2.28. The van der Waals surface area contributed by atoms with Gasteiger partial charge >= 0.3 is 0 Å². The van der Waals surface area contributed by atoms with Gasteiger partial charge in [-0.05, 0) is 121 Å². The molecule has 1 aliphatic rings. The molecule has 0 fully saturated rings. The summed E-state index contributed by atoms with van der Waals surface area (Å²) < 4.78 is 6.41. The second-order valence-corrected chi connectivity index (χ2v) is 18.0. The number of hydrogen-bond acceptors (Lipinski definition) is 2. The summed E-state index contributed by atoms with van der Waals surface area (Å²) in [5.41, 5.74) is 21.5. The molecule has 0 saturated heterocycles. The number of furan rings is 1. The molecule has 0 aliphatic heterocycles. The van der Waals surface area contributed by atoms with Crippen LogP contribution in [0, 0.1) is 0 Å². The van der Waals surface area contributed by atoms with Crippen molar-refractivity contribution in [2.45, 2.75) is 5.41 Å². The third-order valence-corrected chi connectivity index (χ3v) is 14.2. The molecule has 0 bridgehead atoms. The van der Waals surface area contributed by atoms with Crippen molar-refractivity contribution < 1.29 is 4.42 Å². The maximum atomic E-state index is 6.41. The van der Waals surface area contributed by atoms with Crippen LogP contribution >= 0.6 is 0 Å². The minimum atomic E-state index is -0.507. The van der Waals surface area contributed by atoms with Crippen LogP contribution in [0.5, 0.6) is 0 Å². The topological polar surface area (TPSA) is 16.4 Å². The zero-order valence-electron chi connectivity index (χ0n) is 37.8. The fourth-order valence-electron chi connectivity index (χ4n) is 11.0. The highest BCUT2D eigenvalue weighted by Crippen LogP contribution is 2.57. The minimum Gasteiger partial charge on any atom is -0.455 e. The number of fused-ring (bicyclic) bond motifs is 6. The molecule has 12 aromatic rings. The fraction of sp³-hybridized carbons (Fsp3) is 0.0149. The monoisotopic (exact) mass is 879 g/mol. The van der Waals surface area contributed by atoms with Crippen molar-refractivity contribution in [3.8, 4) is 55.6 Å². The molecule has 0 atom stereocenters. The summed E-state index contributed by atoms with van der Waals surface area (Å²) in [7, 11) is 0. The molecule has 0 radical (unpaired) electrons. The zero-order valence-corrected chi connectivity index (χ0v) is 37.8. The van der Waals surface area contributed by atoms with Crippen LogP contribution in [0.3, 0.4) is 0 Å². The van der Waals surface area contributed by atoms with Gasteiger partial charge in [0.1, 0.15) is 11.2 Å². The molecule has 2 heteroatoms. The SMILES string of the molecule is c1ccc(-c2ccc(N(c3ccc(-c4ccc(-c5cccc(-c6cccc7c6oc6ccccc67)c5)cc4)cc3)c3ccc4c(c3)C(c3ccccc3)(c3ccccc3)c3ccccc3-4)cc2)cc1. The summed E-state index contributed by atoms with van der Waals surface area (Å²) in [6.45, 7) is 0. The number of nitrogens with zero attached hydrogens (tertiary/aromatic N) is 1.